The molecule has 1 aromatic heterocycles. The van der Waals surface area contributed by atoms with Crippen molar-refractivity contribution < 1.29 is 13.2 Å². The van der Waals surface area contributed by atoms with Gasteiger partial charge in [-0.05, 0) is 37.5 Å². The van der Waals surface area contributed by atoms with Gasteiger partial charge >= 0.3 is 0 Å². The van der Waals surface area contributed by atoms with Crippen molar-refractivity contribution in [2.24, 2.45) is 0 Å². The van der Waals surface area contributed by atoms with Crippen molar-refractivity contribution >= 4 is 27.7 Å². The SMILES string of the molecule is C[C@@H](NC(=O)CSc1ccc(S(=O)(=O)N2CCCCC2)cn1)c1ccccc1. The normalized spacial score (nSPS) is 16.5. The van der Waals surface area contributed by atoms with Crippen LogP contribution in [0.1, 0.15) is 37.8 Å². The fourth-order valence-corrected chi connectivity index (χ4v) is 5.22. The average molecular weight is 420 g/mol. The van der Waals surface area contributed by atoms with E-state index in [-0.39, 0.29) is 22.6 Å². The molecule has 2 aromatic rings. The fraction of sp³-hybridized carbons (Fsp3) is 0.400. The van der Waals surface area contributed by atoms with Crippen LogP contribution in [0.3, 0.4) is 0 Å². The van der Waals surface area contributed by atoms with Crippen LogP contribution < -0.4 is 5.32 Å². The first-order valence-corrected chi connectivity index (χ1v) is 11.8. The lowest BCUT2D eigenvalue weighted by atomic mass is 10.1. The van der Waals surface area contributed by atoms with Crippen molar-refractivity contribution in [3.05, 3.63) is 54.2 Å². The highest BCUT2D eigenvalue weighted by Gasteiger charge is 2.26. The molecule has 3 rings (SSSR count). The van der Waals surface area contributed by atoms with Crippen LogP contribution in [0.5, 0.6) is 0 Å². The van der Waals surface area contributed by atoms with Gasteiger partial charge in [-0.25, -0.2) is 13.4 Å². The summed E-state index contributed by atoms with van der Waals surface area (Å²) < 4.78 is 26.8. The number of aromatic nitrogens is 1. The summed E-state index contributed by atoms with van der Waals surface area (Å²) in [5.74, 6) is 0.135. The molecule has 1 atom stereocenters. The Hall–Kier alpha value is -1.90. The molecule has 0 bridgehead atoms. The molecule has 1 fully saturated rings. The van der Waals surface area contributed by atoms with Gasteiger partial charge < -0.3 is 5.32 Å². The van der Waals surface area contributed by atoms with Gasteiger partial charge in [-0.15, -0.1) is 0 Å². The molecule has 2 heterocycles. The Morgan fingerprint density at radius 3 is 2.50 bits per heavy atom. The first-order valence-electron chi connectivity index (χ1n) is 9.40. The van der Waals surface area contributed by atoms with E-state index >= 15 is 0 Å². The number of carbonyl (C=O) groups is 1. The molecule has 0 saturated carbocycles. The second-order valence-electron chi connectivity index (χ2n) is 6.79. The maximum Gasteiger partial charge on any atom is 0.244 e. The first kappa shape index (κ1) is 20.8. The van der Waals surface area contributed by atoms with Crippen LogP contribution in [0.25, 0.3) is 0 Å². The molecule has 0 aliphatic carbocycles. The standard InChI is InChI=1S/C20H25N3O3S2/c1-16(17-8-4-2-5-9-17)22-19(24)15-27-20-11-10-18(14-21-20)28(25,26)23-12-6-3-7-13-23/h2,4-5,8-11,14,16H,3,6-7,12-13,15H2,1H3,(H,22,24)/t16-/m1/s1. The maximum absolute atomic E-state index is 12.6. The fourth-order valence-electron chi connectivity index (χ4n) is 3.11. The molecule has 150 valence electrons. The minimum absolute atomic E-state index is 0.0701. The number of nitrogens with zero attached hydrogens (tertiary/aromatic N) is 2. The quantitative estimate of drug-likeness (QED) is 0.697. The topological polar surface area (TPSA) is 79.4 Å². The van der Waals surface area contributed by atoms with Gasteiger partial charge in [0.25, 0.3) is 0 Å². The van der Waals surface area contributed by atoms with Gasteiger partial charge in [-0.1, -0.05) is 48.5 Å². The third kappa shape index (κ3) is 5.33. The third-order valence-corrected chi connectivity index (χ3v) is 7.52. The molecule has 0 spiro atoms. The average Bonchev–Trinajstić information content (AvgIpc) is 2.74. The van der Waals surface area contributed by atoms with Crippen LogP contribution in [-0.4, -0.2) is 42.5 Å². The molecule has 1 aliphatic heterocycles. The van der Waals surface area contributed by atoms with Gasteiger partial charge in [0.2, 0.25) is 15.9 Å². The highest BCUT2D eigenvalue weighted by atomic mass is 32.2. The lowest BCUT2D eigenvalue weighted by molar-refractivity contribution is -0.119. The summed E-state index contributed by atoms with van der Waals surface area (Å²) in [5, 5.41) is 3.58. The number of benzene rings is 1. The van der Waals surface area contributed by atoms with Gasteiger partial charge in [-0.3, -0.25) is 4.79 Å². The minimum atomic E-state index is -3.47. The van der Waals surface area contributed by atoms with Crippen molar-refractivity contribution in [2.45, 2.75) is 42.1 Å². The molecular weight excluding hydrogens is 394 g/mol. The summed E-state index contributed by atoms with van der Waals surface area (Å²) in [6, 6.07) is 12.9. The number of rotatable bonds is 7. The maximum atomic E-state index is 12.6. The zero-order chi connectivity index (χ0) is 20.0. The van der Waals surface area contributed by atoms with Gasteiger partial charge in [0, 0.05) is 19.3 Å². The molecule has 1 aliphatic rings. The summed E-state index contributed by atoms with van der Waals surface area (Å²) in [5.41, 5.74) is 1.05. The van der Waals surface area contributed by atoms with Gasteiger partial charge in [-0.2, -0.15) is 4.31 Å². The number of nitrogens with one attached hydrogen (secondary N) is 1. The summed E-state index contributed by atoms with van der Waals surface area (Å²) >= 11 is 1.29. The van der Waals surface area contributed by atoms with Crippen LogP contribution in [0.4, 0.5) is 0 Å². The van der Waals surface area contributed by atoms with Crippen molar-refractivity contribution in [3.63, 3.8) is 0 Å². The largest absolute Gasteiger partial charge is 0.349 e. The Morgan fingerprint density at radius 2 is 1.86 bits per heavy atom. The second-order valence-corrected chi connectivity index (χ2v) is 9.72. The van der Waals surface area contributed by atoms with Gasteiger partial charge in [0.1, 0.15) is 4.90 Å². The molecule has 1 amide bonds. The number of hydrogen-bond acceptors (Lipinski definition) is 5. The minimum Gasteiger partial charge on any atom is -0.349 e. The van der Waals surface area contributed by atoms with Crippen molar-refractivity contribution in [3.8, 4) is 0 Å². The Morgan fingerprint density at radius 1 is 1.14 bits per heavy atom. The molecule has 1 aromatic carbocycles. The van der Waals surface area contributed by atoms with E-state index in [1.54, 1.807) is 12.1 Å². The molecule has 0 unspecified atom stereocenters. The summed E-state index contributed by atoms with van der Waals surface area (Å²) in [7, 11) is -3.47. The van der Waals surface area contributed by atoms with Crippen molar-refractivity contribution in [1.29, 1.82) is 0 Å². The Labute approximate surface area is 170 Å². The summed E-state index contributed by atoms with van der Waals surface area (Å²) in [6.45, 7) is 3.08. The van der Waals surface area contributed by atoms with Crippen LogP contribution in [0, 0.1) is 0 Å². The number of amides is 1. The predicted molar refractivity (Wildman–Crippen MR) is 111 cm³/mol. The van der Waals surface area contributed by atoms with Gasteiger partial charge in [0.05, 0.1) is 16.8 Å². The number of sulfonamides is 1. The summed E-state index contributed by atoms with van der Waals surface area (Å²) in [6.07, 6.45) is 4.26. The lowest BCUT2D eigenvalue weighted by Crippen LogP contribution is -2.35. The molecule has 28 heavy (non-hydrogen) atoms. The van der Waals surface area contributed by atoms with Crippen molar-refractivity contribution in [2.75, 3.05) is 18.8 Å². The second kappa shape index (κ2) is 9.54. The number of piperidine rings is 1. The van der Waals surface area contributed by atoms with E-state index in [1.807, 2.05) is 37.3 Å². The summed E-state index contributed by atoms with van der Waals surface area (Å²) in [4.78, 5) is 16.6. The Bertz CT molecular complexity index is 881. The number of pyridine rings is 1. The zero-order valence-corrected chi connectivity index (χ0v) is 17.5. The first-order chi connectivity index (χ1) is 13.5. The molecule has 1 saturated heterocycles. The predicted octanol–water partition coefficient (Wildman–Crippen LogP) is 3.23. The van der Waals surface area contributed by atoms with Gasteiger partial charge in [0.15, 0.2) is 0 Å². The number of hydrogen-bond donors (Lipinski definition) is 1. The Kier molecular flexibility index (Phi) is 7.09. The van der Waals surface area contributed by atoms with Crippen LogP contribution in [0.2, 0.25) is 0 Å². The van der Waals surface area contributed by atoms with Crippen LogP contribution in [0.15, 0.2) is 58.6 Å². The lowest BCUT2D eigenvalue weighted by Gasteiger charge is -2.25. The van der Waals surface area contributed by atoms with E-state index in [9.17, 15) is 13.2 Å². The molecule has 0 radical (unpaired) electrons. The number of carbonyl (C=O) groups excluding carboxylic acids is 1. The highest BCUT2D eigenvalue weighted by Crippen LogP contribution is 2.22. The van der Waals surface area contributed by atoms with E-state index < -0.39 is 10.0 Å². The zero-order valence-electron chi connectivity index (χ0n) is 15.9. The number of thioether (sulfide) groups is 1. The molecular formula is C20H25N3O3S2. The van der Waals surface area contributed by atoms with E-state index in [1.165, 1.54) is 22.3 Å². The van der Waals surface area contributed by atoms with E-state index in [0.717, 1.165) is 24.8 Å². The van der Waals surface area contributed by atoms with E-state index in [0.29, 0.717) is 18.1 Å². The van der Waals surface area contributed by atoms with E-state index in [4.69, 9.17) is 0 Å². The third-order valence-electron chi connectivity index (χ3n) is 4.69. The monoisotopic (exact) mass is 419 g/mol. The van der Waals surface area contributed by atoms with Crippen molar-refractivity contribution in [1.82, 2.24) is 14.6 Å². The molecule has 6 nitrogen and oxygen atoms in total. The van der Waals surface area contributed by atoms with Crippen LogP contribution >= 0.6 is 11.8 Å². The molecule has 1 N–H and O–H groups in total. The van der Waals surface area contributed by atoms with Crippen LogP contribution in [-0.2, 0) is 14.8 Å². The highest BCUT2D eigenvalue weighted by molar-refractivity contribution is 7.99. The Balaban J connectivity index is 1.53. The van der Waals surface area contributed by atoms with E-state index in [2.05, 4.69) is 10.3 Å². The molecule has 8 heteroatoms. The smallest absolute Gasteiger partial charge is 0.244 e.